The molecule has 0 aliphatic heterocycles. The lowest BCUT2D eigenvalue weighted by Gasteiger charge is -2.23. The Morgan fingerprint density at radius 3 is 2.37 bits per heavy atom. The second-order valence-electron chi connectivity index (χ2n) is 9.89. The van der Waals surface area contributed by atoms with Crippen LogP contribution in [0.4, 0.5) is 4.79 Å². The van der Waals surface area contributed by atoms with Crippen molar-refractivity contribution in [2.45, 2.75) is 53.3 Å². The zero-order valence-electron chi connectivity index (χ0n) is 20.9. The molecule has 0 aliphatic carbocycles. The maximum absolute atomic E-state index is 13.6. The zero-order valence-corrected chi connectivity index (χ0v) is 20.9. The number of carbonyl (C=O) groups is 2. The highest BCUT2D eigenvalue weighted by atomic mass is 16.6. The van der Waals surface area contributed by atoms with E-state index in [1.165, 1.54) is 6.08 Å². The van der Waals surface area contributed by atoms with E-state index in [4.69, 9.17) is 10.5 Å². The summed E-state index contributed by atoms with van der Waals surface area (Å²) in [6.07, 6.45) is 2.35. The van der Waals surface area contributed by atoms with Crippen LogP contribution in [-0.4, -0.2) is 22.2 Å². The minimum absolute atomic E-state index is 0.110. The number of rotatable bonds is 7. The molecular formula is C28H33N3O4. The lowest BCUT2D eigenvalue weighted by atomic mass is 9.94. The Kier molecular flexibility index (Phi) is 7.79. The largest absolute Gasteiger partial charge is 0.444 e. The molecule has 0 fully saturated rings. The summed E-state index contributed by atoms with van der Waals surface area (Å²) < 4.78 is 7.17. The van der Waals surface area contributed by atoms with E-state index < -0.39 is 17.6 Å². The maximum atomic E-state index is 13.6. The van der Waals surface area contributed by atoms with Crippen molar-refractivity contribution in [1.29, 1.82) is 0 Å². The molecule has 3 rings (SSSR count). The van der Waals surface area contributed by atoms with E-state index in [0.29, 0.717) is 17.6 Å². The number of fused-ring (bicyclic) bond motifs is 1. The van der Waals surface area contributed by atoms with Gasteiger partial charge in [0.25, 0.3) is 5.56 Å². The first-order valence-corrected chi connectivity index (χ1v) is 11.7. The molecule has 35 heavy (non-hydrogen) atoms. The van der Waals surface area contributed by atoms with E-state index in [9.17, 15) is 14.4 Å². The third kappa shape index (κ3) is 6.59. The third-order valence-corrected chi connectivity index (χ3v) is 5.25. The number of aromatic nitrogens is 1. The van der Waals surface area contributed by atoms with Gasteiger partial charge in [-0.1, -0.05) is 50.2 Å². The number of alkyl carbamates (subject to hydrolysis) is 1. The number of ether oxygens (including phenoxy) is 1. The summed E-state index contributed by atoms with van der Waals surface area (Å²) in [5.74, 6) is -0.352. The van der Waals surface area contributed by atoms with E-state index in [-0.39, 0.29) is 18.0 Å². The molecule has 184 valence electrons. The average molecular weight is 476 g/mol. The molecule has 3 N–H and O–H groups in total. The molecule has 7 nitrogen and oxygen atoms in total. The predicted molar refractivity (Wildman–Crippen MR) is 140 cm³/mol. The Labute approximate surface area is 205 Å². The van der Waals surface area contributed by atoms with Crippen LogP contribution in [0.2, 0.25) is 0 Å². The number of hydrogen-bond acceptors (Lipinski definition) is 4. The van der Waals surface area contributed by atoms with Gasteiger partial charge in [-0.25, -0.2) is 4.79 Å². The summed E-state index contributed by atoms with van der Waals surface area (Å²) in [5.41, 5.74) is 7.66. The van der Waals surface area contributed by atoms with Gasteiger partial charge in [0.05, 0.1) is 6.54 Å². The lowest BCUT2D eigenvalue weighted by molar-refractivity contribution is -0.113. The lowest BCUT2D eigenvalue weighted by Crippen LogP contribution is -2.35. The summed E-state index contributed by atoms with van der Waals surface area (Å²) in [5, 5.41) is 4.12. The van der Waals surface area contributed by atoms with Crippen molar-refractivity contribution in [2.24, 2.45) is 11.7 Å². The minimum Gasteiger partial charge on any atom is -0.444 e. The van der Waals surface area contributed by atoms with Crippen molar-refractivity contribution >= 4 is 28.8 Å². The summed E-state index contributed by atoms with van der Waals surface area (Å²) in [6.45, 7) is 10.1. The van der Waals surface area contributed by atoms with E-state index in [1.54, 1.807) is 43.5 Å². The highest BCUT2D eigenvalue weighted by molar-refractivity contribution is 5.99. The van der Waals surface area contributed by atoms with Gasteiger partial charge in [-0.05, 0) is 61.4 Å². The fourth-order valence-electron chi connectivity index (χ4n) is 3.93. The van der Waals surface area contributed by atoms with Gasteiger partial charge in [-0.2, -0.15) is 0 Å². The quantitative estimate of drug-likeness (QED) is 0.477. The van der Waals surface area contributed by atoms with Crippen LogP contribution in [0.1, 0.15) is 45.9 Å². The topological polar surface area (TPSA) is 103 Å². The Morgan fingerprint density at radius 2 is 1.77 bits per heavy atom. The van der Waals surface area contributed by atoms with Crippen LogP contribution in [0, 0.1) is 5.92 Å². The summed E-state index contributed by atoms with van der Waals surface area (Å²) in [4.78, 5) is 37.4. The molecule has 0 spiro atoms. The van der Waals surface area contributed by atoms with Gasteiger partial charge in [0.2, 0.25) is 5.91 Å². The SMILES string of the molecule is CC(C)Cn1c(CNC(=O)OC(C)(C)C)c(-c2ccccc2)c2cc(/C=C/C(N)=O)ccc2c1=O. The van der Waals surface area contributed by atoms with Crippen molar-refractivity contribution in [3.05, 3.63) is 76.2 Å². The summed E-state index contributed by atoms with van der Waals surface area (Å²) in [6, 6.07) is 15.2. The first-order valence-electron chi connectivity index (χ1n) is 11.7. The molecule has 0 saturated heterocycles. The monoisotopic (exact) mass is 475 g/mol. The number of amides is 2. The third-order valence-electron chi connectivity index (χ3n) is 5.25. The number of pyridine rings is 1. The Morgan fingerprint density at radius 1 is 1.09 bits per heavy atom. The summed E-state index contributed by atoms with van der Waals surface area (Å²) >= 11 is 0. The van der Waals surface area contributed by atoms with Crippen LogP contribution in [-0.2, 0) is 22.6 Å². The second kappa shape index (κ2) is 10.6. The van der Waals surface area contributed by atoms with Gasteiger partial charge in [0, 0.05) is 29.3 Å². The van der Waals surface area contributed by atoms with E-state index in [0.717, 1.165) is 22.1 Å². The standard InChI is InChI=1S/C28H33N3O4/c1-18(2)17-31-23(16-30-27(34)35-28(3,4)5)25(20-9-7-6-8-10-20)22-15-19(12-14-24(29)32)11-13-21(22)26(31)33/h6-15,18H,16-17H2,1-5H3,(H2,29,32)(H,30,34)/b14-12+. The van der Waals surface area contributed by atoms with E-state index >= 15 is 0 Å². The van der Waals surface area contributed by atoms with Crippen LogP contribution in [0.25, 0.3) is 28.0 Å². The van der Waals surface area contributed by atoms with Crippen LogP contribution >= 0.6 is 0 Å². The fraction of sp³-hybridized carbons (Fsp3) is 0.321. The number of carbonyl (C=O) groups excluding carboxylic acids is 2. The Hall–Kier alpha value is -3.87. The first-order chi connectivity index (χ1) is 16.5. The Balaban J connectivity index is 2.29. The van der Waals surface area contributed by atoms with Gasteiger partial charge in [-0.3, -0.25) is 9.59 Å². The highest BCUT2D eigenvalue weighted by Crippen LogP contribution is 2.32. The Bertz CT molecular complexity index is 1320. The molecule has 1 heterocycles. The predicted octanol–water partition coefficient (Wildman–Crippen LogP) is 4.85. The molecule has 0 saturated carbocycles. The van der Waals surface area contributed by atoms with Crippen LogP contribution in [0.3, 0.4) is 0 Å². The first kappa shape index (κ1) is 25.7. The van der Waals surface area contributed by atoms with Crippen LogP contribution < -0.4 is 16.6 Å². The van der Waals surface area contributed by atoms with Crippen molar-refractivity contribution < 1.29 is 14.3 Å². The smallest absolute Gasteiger partial charge is 0.407 e. The van der Waals surface area contributed by atoms with E-state index in [1.807, 2.05) is 50.2 Å². The maximum Gasteiger partial charge on any atom is 0.407 e. The number of primary amides is 1. The van der Waals surface area contributed by atoms with Crippen molar-refractivity contribution in [3.63, 3.8) is 0 Å². The molecule has 0 atom stereocenters. The average Bonchev–Trinajstić information content (AvgIpc) is 2.77. The van der Waals surface area contributed by atoms with Gasteiger partial charge < -0.3 is 20.4 Å². The molecule has 0 radical (unpaired) electrons. The molecule has 3 aromatic rings. The fourth-order valence-corrected chi connectivity index (χ4v) is 3.93. The minimum atomic E-state index is -0.644. The van der Waals surface area contributed by atoms with Crippen molar-refractivity contribution in [2.75, 3.05) is 0 Å². The van der Waals surface area contributed by atoms with E-state index in [2.05, 4.69) is 5.32 Å². The molecule has 1 aromatic heterocycles. The molecule has 0 aliphatic rings. The molecule has 0 bridgehead atoms. The van der Waals surface area contributed by atoms with Crippen molar-refractivity contribution in [3.8, 4) is 11.1 Å². The normalized spacial score (nSPS) is 11.8. The van der Waals surface area contributed by atoms with Gasteiger partial charge in [0.15, 0.2) is 0 Å². The van der Waals surface area contributed by atoms with Crippen LogP contribution in [0.15, 0.2) is 59.4 Å². The number of nitrogens with one attached hydrogen (secondary N) is 1. The second-order valence-corrected chi connectivity index (χ2v) is 9.89. The molecule has 2 aromatic carbocycles. The van der Waals surface area contributed by atoms with Gasteiger partial charge in [0.1, 0.15) is 5.60 Å². The number of nitrogens with two attached hydrogens (primary N) is 1. The number of hydrogen-bond donors (Lipinski definition) is 2. The summed E-state index contributed by atoms with van der Waals surface area (Å²) in [7, 11) is 0. The molecule has 7 heteroatoms. The zero-order chi connectivity index (χ0) is 25.8. The van der Waals surface area contributed by atoms with Crippen molar-refractivity contribution in [1.82, 2.24) is 9.88 Å². The van der Waals surface area contributed by atoms with Crippen LogP contribution in [0.5, 0.6) is 0 Å². The molecule has 2 amide bonds. The number of benzene rings is 2. The van der Waals surface area contributed by atoms with Gasteiger partial charge >= 0.3 is 6.09 Å². The highest BCUT2D eigenvalue weighted by Gasteiger charge is 2.21. The number of nitrogens with zero attached hydrogens (tertiary/aromatic N) is 1. The molecular weight excluding hydrogens is 442 g/mol. The van der Waals surface area contributed by atoms with Gasteiger partial charge in [-0.15, -0.1) is 0 Å². The molecule has 0 unspecified atom stereocenters.